The molecule has 34 heavy (non-hydrogen) atoms. The number of hydrogen-bond acceptors (Lipinski definition) is 4. The summed E-state index contributed by atoms with van der Waals surface area (Å²) >= 11 is 0. The van der Waals surface area contributed by atoms with Gasteiger partial charge in [-0.05, 0) is 56.3 Å². The fourth-order valence-corrected chi connectivity index (χ4v) is 3.27. The van der Waals surface area contributed by atoms with Crippen molar-refractivity contribution >= 4 is 17.7 Å². The van der Waals surface area contributed by atoms with Gasteiger partial charge in [0.05, 0.1) is 0 Å². The Morgan fingerprint density at radius 2 is 1.35 bits per heavy atom. The quantitative estimate of drug-likeness (QED) is 0.371. The molecule has 6 heteroatoms. The van der Waals surface area contributed by atoms with Crippen molar-refractivity contribution in [3.63, 3.8) is 0 Å². The van der Waals surface area contributed by atoms with Crippen LogP contribution in [0.25, 0.3) is 11.1 Å². The lowest BCUT2D eigenvalue weighted by molar-refractivity contribution is -0.134. The van der Waals surface area contributed by atoms with Crippen molar-refractivity contribution in [1.82, 2.24) is 4.90 Å². The second kappa shape index (κ2) is 12.3. The van der Waals surface area contributed by atoms with Crippen molar-refractivity contribution in [2.75, 3.05) is 14.1 Å². The number of carbonyl (C=O) groups excluding carboxylic acids is 1. The zero-order valence-electron chi connectivity index (χ0n) is 19.7. The molecule has 0 saturated heterocycles. The third-order valence-corrected chi connectivity index (χ3v) is 5.37. The fraction of sp³-hybridized carbons (Fsp3) is 0.179. The molecule has 0 spiro atoms. The Morgan fingerprint density at radius 3 is 1.82 bits per heavy atom. The first-order valence-corrected chi connectivity index (χ1v) is 10.7. The fourth-order valence-electron chi connectivity index (χ4n) is 3.27. The highest BCUT2D eigenvalue weighted by atomic mass is 16.4. The second-order valence-electron chi connectivity index (χ2n) is 8.00. The molecule has 0 amide bonds. The second-order valence-corrected chi connectivity index (χ2v) is 8.00. The van der Waals surface area contributed by atoms with Crippen LogP contribution in [-0.4, -0.2) is 46.9 Å². The molecule has 0 aromatic heterocycles. The van der Waals surface area contributed by atoms with Crippen molar-refractivity contribution in [3.05, 3.63) is 107 Å². The van der Waals surface area contributed by atoms with E-state index >= 15 is 0 Å². The van der Waals surface area contributed by atoms with E-state index in [-0.39, 0.29) is 5.78 Å². The highest BCUT2D eigenvalue weighted by Crippen LogP contribution is 2.27. The molecule has 0 heterocycles. The molecular weight excluding hydrogens is 430 g/mol. The summed E-state index contributed by atoms with van der Waals surface area (Å²) in [6.07, 6.45) is 1.12. The monoisotopic (exact) mass is 459 g/mol. The SMILES string of the molecule is Cc1cc(C(=O)c2ccccc2)ccc1-c1ccc(C(C)N(C)C)cc1.O=C(O)C=CC(=O)O. The van der Waals surface area contributed by atoms with Crippen LogP contribution in [-0.2, 0) is 9.59 Å². The lowest BCUT2D eigenvalue weighted by atomic mass is 9.94. The maximum Gasteiger partial charge on any atom is 0.328 e. The van der Waals surface area contributed by atoms with Crippen LogP contribution in [0.3, 0.4) is 0 Å². The van der Waals surface area contributed by atoms with Gasteiger partial charge in [0.25, 0.3) is 0 Å². The van der Waals surface area contributed by atoms with Crippen LogP contribution in [0.15, 0.2) is 84.9 Å². The molecule has 1 atom stereocenters. The van der Waals surface area contributed by atoms with Gasteiger partial charge in [-0.1, -0.05) is 66.7 Å². The molecular formula is C28H29NO5. The molecule has 0 radical (unpaired) electrons. The third kappa shape index (κ3) is 7.53. The van der Waals surface area contributed by atoms with Crippen molar-refractivity contribution in [2.45, 2.75) is 19.9 Å². The van der Waals surface area contributed by atoms with E-state index in [4.69, 9.17) is 10.2 Å². The van der Waals surface area contributed by atoms with E-state index in [1.165, 1.54) is 16.7 Å². The molecule has 0 aliphatic heterocycles. The van der Waals surface area contributed by atoms with E-state index in [0.29, 0.717) is 18.2 Å². The molecule has 0 fully saturated rings. The van der Waals surface area contributed by atoms with Crippen LogP contribution in [0.1, 0.15) is 40.0 Å². The molecule has 2 N–H and O–H groups in total. The van der Waals surface area contributed by atoms with Crippen molar-refractivity contribution in [2.24, 2.45) is 0 Å². The van der Waals surface area contributed by atoms with Gasteiger partial charge in [-0.25, -0.2) is 9.59 Å². The molecule has 1 unspecified atom stereocenters. The summed E-state index contributed by atoms with van der Waals surface area (Å²) in [5.74, 6) is -2.45. The normalized spacial score (nSPS) is 11.6. The first-order chi connectivity index (χ1) is 16.1. The number of nitrogens with zero attached hydrogens (tertiary/aromatic N) is 1. The molecule has 176 valence electrons. The molecule has 0 saturated carbocycles. The van der Waals surface area contributed by atoms with E-state index in [2.05, 4.69) is 63.2 Å². The van der Waals surface area contributed by atoms with Crippen LogP contribution in [0.5, 0.6) is 0 Å². The number of benzene rings is 3. The number of carboxylic acids is 2. The summed E-state index contributed by atoms with van der Waals surface area (Å²) in [4.78, 5) is 33.9. The van der Waals surface area contributed by atoms with Crippen LogP contribution < -0.4 is 0 Å². The van der Waals surface area contributed by atoms with Crippen LogP contribution in [0, 0.1) is 6.92 Å². The molecule has 6 nitrogen and oxygen atoms in total. The maximum atomic E-state index is 12.6. The Kier molecular flexibility index (Phi) is 9.47. The zero-order valence-corrected chi connectivity index (χ0v) is 19.7. The lowest BCUT2D eigenvalue weighted by Gasteiger charge is -2.20. The largest absolute Gasteiger partial charge is 0.478 e. The standard InChI is InChI=1S/C24H25NO.C4H4O4/c1-17-16-22(24(26)21-8-6-5-7-9-21)14-15-23(17)20-12-10-19(11-13-20)18(2)25(3)4;5-3(6)1-2-4(7)8/h5-16,18H,1-4H3;1-2H,(H,5,6)(H,7,8). The van der Waals surface area contributed by atoms with E-state index in [1.807, 2.05) is 42.5 Å². The minimum Gasteiger partial charge on any atom is -0.478 e. The first kappa shape index (κ1) is 26.2. The van der Waals surface area contributed by atoms with E-state index in [0.717, 1.165) is 16.7 Å². The Hall–Kier alpha value is -4.03. The van der Waals surface area contributed by atoms with Crippen molar-refractivity contribution in [3.8, 4) is 11.1 Å². The van der Waals surface area contributed by atoms with Gasteiger partial charge in [0.15, 0.2) is 5.78 Å². The van der Waals surface area contributed by atoms with Crippen LogP contribution in [0.4, 0.5) is 0 Å². The first-order valence-electron chi connectivity index (χ1n) is 10.7. The van der Waals surface area contributed by atoms with E-state index < -0.39 is 11.9 Å². The average molecular weight is 460 g/mol. The average Bonchev–Trinajstić information content (AvgIpc) is 2.83. The highest BCUT2D eigenvalue weighted by molar-refractivity contribution is 6.09. The number of carbonyl (C=O) groups is 3. The van der Waals surface area contributed by atoms with Crippen molar-refractivity contribution in [1.29, 1.82) is 0 Å². The Labute approximate surface area is 199 Å². The minimum absolute atomic E-state index is 0.0652. The molecule has 3 aromatic carbocycles. The summed E-state index contributed by atoms with van der Waals surface area (Å²) in [6.45, 7) is 4.26. The molecule has 0 aliphatic carbocycles. The summed E-state index contributed by atoms with van der Waals surface area (Å²) < 4.78 is 0. The van der Waals surface area contributed by atoms with Gasteiger partial charge in [-0.2, -0.15) is 0 Å². The number of ketones is 1. The number of rotatable bonds is 7. The van der Waals surface area contributed by atoms with E-state index in [9.17, 15) is 14.4 Å². The Balaban J connectivity index is 0.000000440. The summed E-state index contributed by atoms with van der Waals surface area (Å²) in [6, 6.07) is 24.5. The maximum absolute atomic E-state index is 12.6. The lowest BCUT2D eigenvalue weighted by Crippen LogP contribution is -2.16. The summed E-state index contributed by atoms with van der Waals surface area (Å²) in [5.41, 5.74) is 6.21. The zero-order chi connectivity index (χ0) is 25.3. The van der Waals surface area contributed by atoms with E-state index in [1.54, 1.807) is 0 Å². The van der Waals surface area contributed by atoms with Crippen LogP contribution in [0.2, 0.25) is 0 Å². The number of carboxylic acid groups (broad SMARTS) is 2. The Bertz CT molecular complexity index is 1150. The predicted molar refractivity (Wildman–Crippen MR) is 133 cm³/mol. The molecule has 3 rings (SSSR count). The van der Waals surface area contributed by atoms with Gasteiger partial charge in [0.1, 0.15) is 0 Å². The Morgan fingerprint density at radius 1 is 0.794 bits per heavy atom. The smallest absolute Gasteiger partial charge is 0.328 e. The van der Waals surface area contributed by atoms with Crippen molar-refractivity contribution < 1.29 is 24.6 Å². The van der Waals surface area contributed by atoms with Gasteiger partial charge < -0.3 is 15.1 Å². The van der Waals surface area contributed by atoms with Gasteiger partial charge in [0, 0.05) is 29.3 Å². The predicted octanol–water partition coefficient (Wildman–Crippen LogP) is 5.23. The minimum atomic E-state index is -1.26. The van der Waals surface area contributed by atoms with Gasteiger partial charge in [0.2, 0.25) is 0 Å². The van der Waals surface area contributed by atoms with Gasteiger partial charge in [-0.15, -0.1) is 0 Å². The van der Waals surface area contributed by atoms with Gasteiger partial charge >= 0.3 is 11.9 Å². The highest BCUT2D eigenvalue weighted by Gasteiger charge is 2.12. The molecule has 0 bridgehead atoms. The number of hydrogen-bond donors (Lipinski definition) is 2. The molecule has 3 aromatic rings. The number of aliphatic carboxylic acids is 2. The number of aryl methyl sites for hydroxylation is 1. The summed E-state index contributed by atoms with van der Waals surface area (Å²) in [7, 11) is 4.18. The van der Waals surface area contributed by atoms with Gasteiger partial charge in [-0.3, -0.25) is 4.79 Å². The third-order valence-electron chi connectivity index (χ3n) is 5.37. The van der Waals surface area contributed by atoms with Crippen LogP contribution >= 0.6 is 0 Å². The topological polar surface area (TPSA) is 94.9 Å². The summed E-state index contributed by atoms with van der Waals surface area (Å²) in [5, 5.41) is 15.6. The molecule has 0 aliphatic rings.